The second-order valence-electron chi connectivity index (χ2n) is 4.72. The number of quaternary nitrogens is 1. The highest BCUT2D eigenvalue weighted by atomic mass is 35.5. The molecular weight excluding hydrogens is 252 g/mol. The number of hydrogen-bond donors (Lipinski definition) is 1. The van der Waals surface area contributed by atoms with Gasteiger partial charge in [-0.25, -0.2) is 0 Å². The van der Waals surface area contributed by atoms with E-state index in [1.807, 2.05) is 0 Å². The molecule has 0 spiro atoms. The molecule has 2 rings (SSSR count). The number of nitrogens with one attached hydrogen (secondary N) is 1. The van der Waals surface area contributed by atoms with Gasteiger partial charge >= 0.3 is 0 Å². The summed E-state index contributed by atoms with van der Waals surface area (Å²) in [5.74, 6) is -1.21. The monoisotopic (exact) mass is 268 g/mol. The second kappa shape index (κ2) is 5.59. The Morgan fingerprint density at radius 1 is 1.39 bits per heavy atom. The number of nitrogens with zero attached hydrogens (tertiary/aromatic N) is 1. The van der Waals surface area contributed by atoms with Crippen LogP contribution in [0.15, 0.2) is 18.2 Å². The van der Waals surface area contributed by atoms with Gasteiger partial charge in [0.25, 0.3) is 0 Å². The molecule has 1 heterocycles. The molecular formula is C13H17ClN2O2. The normalized spacial score (nSPS) is 20.6. The molecule has 98 valence electrons. The molecule has 5 heteroatoms. The first kappa shape index (κ1) is 13.2. The van der Waals surface area contributed by atoms with Crippen molar-refractivity contribution in [3.63, 3.8) is 0 Å². The first-order chi connectivity index (χ1) is 8.59. The van der Waals surface area contributed by atoms with Gasteiger partial charge in [0.1, 0.15) is 0 Å². The minimum atomic E-state index is -1.21. The molecule has 1 N–H and O–H groups in total. The Labute approximate surface area is 112 Å². The van der Waals surface area contributed by atoms with Crippen LogP contribution in [0.2, 0.25) is 5.02 Å². The average molecular weight is 269 g/mol. The average Bonchev–Trinajstić information content (AvgIpc) is 2.53. The van der Waals surface area contributed by atoms with E-state index in [4.69, 9.17) is 11.6 Å². The molecule has 0 aromatic heterocycles. The molecule has 1 aromatic carbocycles. The number of carboxylic acids is 1. The highest BCUT2D eigenvalue weighted by molar-refractivity contribution is 6.34. The number of carbonyl (C=O) groups excluding carboxylic acids is 1. The predicted octanol–water partition coefficient (Wildman–Crippen LogP) is -0.572. The highest BCUT2D eigenvalue weighted by Gasteiger charge is 2.18. The number of rotatable bonds is 2. The van der Waals surface area contributed by atoms with Gasteiger partial charge in [-0.3, -0.25) is 0 Å². The molecule has 1 unspecified atom stereocenters. The molecule has 0 aliphatic carbocycles. The molecule has 0 radical (unpaired) electrons. The SMILES string of the molecule is C[NH+]1CCCN(c2cccc(Cl)c2C(=O)[O-])CC1. The lowest BCUT2D eigenvalue weighted by Gasteiger charge is -2.25. The third-order valence-electron chi connectivity index (χ3n) is 3.38. The smallest absolute Gasteiger partial charge is 0.0947 e. The maximum atomic E-state index is 11.2. The zero-order chi connectivity index (χ0) is 13.1. The lowest BCUT2D eigenvalue weighted by Crippen LogP contribution is -3.09. The molecule has 1 saturated heterocycles. The van der Waals surface area contributed by atoms with Crippen LogP contribution in [0.1, 0.15) is 16.8 Å². The van der Waals surface area contributed by atoms with Crippen LogP contribution in [0, 0.1) is 0 Å². The van der Waals surface area contributed by atoms with Gasteiger partial charge < -0.3 is 19.7 Å². The summed E-state index contributed by atoms with van der Waals surface area (Å²) >= 11 is 5.96. The molecule has 18 heavy (non-hydrogen) atoms. The first-order valence-electron chi connectivity index (χ1n) is 6.15. The summed E-state index contributed by atoms with van der Waals surface area (Å²) in [5.41, 5.74) is 0.788. The van der Waals surface area contributed by atoms with Crippen molar-refractivity contribution in [3.05, 3.63) is 28.8 Å². The summed E-state index contributed by atoms with van der Waals surface area (Å²) in [7, 11) is 2.15. The van der Waals surface area contributed by atoms with Gasteiger partial charge in [-0.1, -0.05) is 17.7 Å². The van der Waals surface area contributed by atoms with Crippen molar-refractivity contribution in [1.29, 1.82) is 0 Å². The highest BCUT2D eigenvalue weighted by Crippen LogP contribution is 2.27. The predicted molar refractivity (Wildman–Crippen MR) is 69.2 cm³/mol. The van der Waals surface area contributed by atoms with Crippen LogP contribution in [-0.4, -0.2) is 39.2 Å². The van der Waals surface area contributed by atoms with E-state index in [0.717, 1.165) is 32.6 Å². The van der Waals surface area contributed by atoms with Crippen LogP contribution >= 0.6 is 11.6 Å². The zero-order valence-electron chi connectivity index (χ0n) is 10.4. The summed E-state index contributed by atoms with van der Waals surface area (Å²) in [5, 5.41) is 11.5. The van der Waals surface area contributed by atoms with E-state index < -0.39 is 5.97 Å². The Kier molecular flexibility index (Phi) is 4.09. The fraction of sp³-hybridized carbons (Fsp3) is 0.462. The number of aromatic carboxylic acids is 1. The topological polar surface area (TPSA) is 47.8 Å². The van der Waals surface area contributed by atoms with Crippen molar-refractivity contribution in [1.82, 2.24) is 0 Å². The third-order valence-corrected chi connectivity index (χ3v) is 3.69. The number of halogens is 1. The van der Waals surface area contributed by atoms with Crippen molar-refractivity contribution < 1.29 is 14.8 Å². The molecule has 1 aromatic rings. The van der Waals surface area contributed by atoms with Crippen molar-refractivity contribution in [3.8, 4) is 0 Å². The van der Waals surface area contributed by atoms with Gasteiger partial charge in [-0.05, 0) is 12.1 Å². The number of carbonyl (C=O) groups is 1. The Morgan fingerprint density at radius 3 is 2.89 bits per heavy atom. The van der Waals surface area contributed by atoms with Gasteiger partial charge in [0.15, 0.2) is 0 Å². The van der Waals surface area contributed by atoms with Crippen molar-refractivity contribution in [2.75, 3.05) is 38.1 Å². The molecule has 4 nitrogen and oxygen atoms in total. The second-order valence-corrected chi connectivity index (χ2v) is 5.13. The molecule has 0 saturated carbocycles. The standard InChI is InChI=1S/C13H17ClN2O2/c1-15-6-3-7-16(9-8-15)11-5-2-4-10(14)12(11)13(17)18/h2,4-5H,3,6-9H2,1H3,(H,17,18). The number of anilines is 1. The van der Waals surface area contributed by atoms with Gasteiger partial charge in [-0.2, -0.15) is 0 Å². The Bertz CT molecular complexity index is 451. The summed E-state index contributed by atoms with van der Waals surface area (Å²) in [6.07, 6.45) is 1.05. The molecule has 1 aliphatic rings. The largest absolute Gasteiger partial charge is 0.545 e. The lowest BCUT2D eigenvalue weighted by atomic mass is 10.1. The van der Waals surface area contributed by atoms with Gasteiger partial charge in [0.2, 0.25) is 0 Å². The maximum absolute atomic E-state index is 11.2. The number of benzene rings is 1. The van der Waals surface area contributed by atoms with Crippen LogP contribution < -0.4 is 14.9 Å². The third kappa shape index (κ3) is 2.76. The lowest BCUT2D eigenvalue weighted by molar-refractivity contribution is -0.876. The molecule has 1 atom stereocenters. The van der Waals surface area contributed by atoms with Crippen LogP contribution in [0.3, 0.4) is 0 Å². The fourth-order valence-corrected chi connectivity index (χ4v) is 2.60. The van der Waals surface area contributed by atoms with Gasteiger partial charge in [0, 0.05) is 24.2 Å². The fourth-order valence-electron chi connectivity index (χ4n) is 2.35. The number of carboxylic acid groups (broad SMARTS) is 1. The molecule has 1 aliphatic heterocycles. The maximum Gasteiger partial charge on any atom is 0.0947 e. The van der Waals surface area contributed by atoms with E-state index in [1.165, 1.54) is 4.90 Å². The van der Waals surface area contributed by atoms with E-state index in [9.17, 15) is 9.90 Å². The molecule has 1 fully saturated rings. The summed E-state index contributed by atoms with van der Waals surface area (Å²) in [6.45, 7) is 3.81. The van der Waals surface area contributed by atoms with Crippen molar-refractivity contribution in [2.24, 2.45) is 0 Å². The summed E-state index contributed by atoms with van der Waals surface area (Å²) in [4.78, 5) is 14.8. The Balaban J connectivity index is 2.32. The summed E-state index contributed by atoms with van der Waals surface area (Å²) in [6, 6.07) is 5.18. The van der Waals surface area contributed by atoms with E-state index in [2.05, 4.69) is 11.9 Å². The number of hydrogen-bond acceptors (Lipinski definition) is 3. The zero-order valence-corrected chi connectivity index (χ0v) is 11.2. The van der Waals surface area contributed by atoms with Crippen molar-refractivity contribution >= 4 is 23.3 Å². The van der Waals surface area contributed by atoms with Crippen LogP contribution in [0.5, 0.6) is 0 Å². The Hall–Kier alpha value is -1.26. The molecule has 0 bridgehead atoms. The molecule has 0 amide bonds. The van der Waals surface area contributed by atoms with Gasteiger partial charge in [-0.15, -0.1) is 0 Å². The van der Waals surface area contributed by atoms with Gasteiger partial charge in [0.05, 0.1) is 37.7 Å². The first-order valence-corrected chi connectivity index (χ1v) is 6.53. The van der Waals surface area contributed by atoms with E-state index in [1.54, 1.807) is 18.2 Å². The van der Waals surface area contributed by atoms with Crippen molar-refractivity contribution in [2.45, 2.75) is 6.42 Å². The number of likely N-dealkylation sites (N-methyl/N-ethyl adjacent to an activating group) is 1. The summed E-state index contributed by atoms with van der Waals surface area (Å²) < 4.78 is 0. The van der Waals surface area contributed by atoms with E-state index in [-0.39, 0.29) is 10.6 Å². The minimum Gasteiger partial charge on any atom is -0.545 e. The quantitative estimate of drug-likeness (QED) is 0.781. The van der Waals surface area contributed by atoms with E-state index in [0.29, 0.717) is 5.69 Å². The van der Waals surface area contributed by atoms with Crippen LogP contribution in [-0.2, 0) is 0 Å². The van der Waals surface area contributed by atoms with Crippen LogP contribution in [0.4, 0.5) is 5.69 Å². The Morgan fingerprint density at radius 2 is 2.17 bits per heavy atom. The van der Waals surface area contributed by atoms with Crippen LogP contribution in [0.25, 0.3) is 0 Å². The minimum absolute atomic E-state index is 0.110. The van der Waals surface area contributed by atoms with E-state index >= 15 is 0 Å².